The fraction of sp³-hybridized carbons (Fsp3) is 0.750. The van der Waals surface area contributed by atoms with Gasteiger partial charge in [-0.2, -0.15) is 0 Å². The lowest BCUT2D eigenvalue weighted by Gasteiger charge is -2.21. The summed E-state index contributed by atoms with van der Waals surface area (Å²) in [5.41, 5.74) is 4.20. The van der Waals surface area contributed by atoms with E-state index in [0.717, 1.165) is 5.69 Å². The first kappa shape index (κ1) is 8.65. The van der Waals surface area contributed by atoms with Crippen LogP contribution < -0.4 is 11.3 Å². The van der Waals surface area contributed by atoms with E-state index in [2.05, 4.69) is 22.7 Å². The van der Waals surface area contributed by atoms with Gasteiger partial charge >= 0.3 is 0 Å². The highest BCUT2D eigenvalue weighted by atomic mass is 15.4. The minimum Gasteiger partial charge on any atom is -0.271 e. The maximum absolute atomic E-state index is 5.54. The molecule has 3 N–H and O–H groups in total. The third-order valence-corrected chi connectivity index (χ3v) is 2.95. The Morgan fingerprint density at radius 1 is 1.69 bits per heavy atom. The van der Waals surface area contributed by atoms with Crippen LogP contribution in [0.3, 0.4) is 0 Å². The summed E-state index contributed by atoms with van der Waals surface area (Å²) in [6, 6.07) is 0.174. The van der Waals surface area contributed by atoms with E-state index in [9.17, 15) is 0 Å². The Bertz CT molecular complexity index is 301. The molecule has 1 aromatic heterocycles. The van der Waals surface area contributed by atoms with Gasteiger partial charge in [-0.1, -0.05) is 12.1 Å². The molecule has 1 unspecified atom stereocenters. The first-order chi connectivity index (χ1) is 6.17. The zero-order valence-corrected chi connectivity index (χ0v) is 7.99. The van der Waals surface area contributed by atoms with E-state index in [0.29, 0.717) is 5.41 Å². The Hall–Kier alpha value is -0.940. The Labute approximate surface area is 77.3 Å². The van der Waals surface area contributed by atoms with Crippen molar-refractivity contribution < 1.29 is 0 Å². The fourth-order valence-corrected chi connectivity index (χ4v) is 1.69. The van der Waals surface area contributed by atoms with Gasteiger partial charge < -0.3 is 0 Å². The van der Waals surface area contributed by atoms with E-state index in [-0.39, 0.29) is 6.04 Å². The molecule has 72 valence electrons. The smallest absolute Gasteiger partial charge is 0.0772 e. The number of nitrogens with zero attached hydrogens (tertiary/aromatic N) is 3. The van der Waals surface area contributed by atoms with Crippen LogP contribution in [0.4, 0.5) is 0 Å². The summed E-state index contributed by atoms with van der Waals surface area (Å²) < 4.78 is 1.77. The first-order valence-electron chi connectivity index (χ1n) is 4.48. The standard InChI is InChI=1S/C8H15N5/c1-8(3-4-8)7(11-9)6-5-10-12-13(6)2/h5,7,11H,3-4,9H2,1-2H3. The van der Waals surface area contributed by atoms with E-state index in [1.54, 1.807) is 10.9 Å². The second-order valence-corrected chi connectivity index (χ2v) is 4.04. The largest absolute Gasteiger partial charge is 0.271 e. The van der Waals surface area contributed by atoms with Crippen LogP contribution in [0.15, 0.2) is 6.20 Å². The number of aryl methyl sites for hydroxylation is 1. The van der Waals surface area contributed by atoms with E-state index in [1.165, 1.54) is 12.8 Å². The molecule has 1 aromatic rings. The third-order valence-electron chi connectivity index (χ3n) is 2.95. The highest BCUT2D eigenvalue weighted by molar-refractivity contribution is 5.12. The number of aromatic nitrogens is 3. The lowest BCUT2D eigenvalue weighted by Crippen LogP contribution is -2.34. The molecule has 5 heteroatoms. The van der Waals surface area contributed by atoms with Crippen LogP contribution in [0.25, 0.3) is 0 Å². The predicted molar refractivity (Wildman–Crippen MR) is 48.4 cm³/mol. The highest BCUT2D eigenvalue weighted by Gasteiger charge is 2.46. The summed E-state index contributed by atoms with van der Waals surface area (Å²) in [7, 11) is 1.89. The molecule has 13 heavy (non-hydrogen) atoms. The molecule has 0 aromatic carbocycles. The first-order valence-corrected chi connectivity index (χ1v) is 4.48. The molecule has 5 nitrogen and oxygen atoms in total. The van der Waals surface area contributed by atoms with Gasteiger partial charge in [0.15, 0.2) is 0 Å². The van der Waals surface area contributed by atoms with E-state index >= 15 is 0 Å². The number of nitrogens with one attached hydrogen (secondary N) is 1. The Morgan fingerprint density at radius 2 is 2.38 bits per heavy atom. The van der Waals surface area contributed by atoms with Gasteiger partial charge in [0.05, 0.1) is 17.9 Å². The van der Waals surface area contributed by atoms with Gasteiger partial charge in [0.25, 0.3) is 0 Å². The topological polar surface area (TPSA) is 68.8 Å². The highest BCUT2D eigenvalue weighted by Crippen LogP contribution is 2.53. The summed E-state index contributed by atoms with van der Waals surface area (Å²) in [6.07, 6.45) is 4.20. The molecule has 1 fully saturated rings. The van der Waals surface area contributed by atoms with Crippen molar-refractivity contribution in [2.75, 3.05) is 0 Å². The molecule has 0 saturated heterocycles. The molecular weight excluding hydrogens is 166 g/mol. The number of rotatable bonds is 3. The van der Waals surface area contributed by atoms with Crippen molar-refractivity contribution in [3.8, 4) is 0 Å². The van der Waals surface area contributed by atoms with Crippen LogP contribution >= 0.6 is 0 Å². The average molecular weight is 181 g/mol. The van der Waals surface area contributed by atoms with Gasteiger partial charge in [-0.05, 0) is 18.3 Å². The second-order valence-electron chi connectivity index (χ2n) is 4.04. The van der Waals surface area contributed by atoms with E-state index in [1.807, 2.05) is 7.05 Å². The molecule has 0 amide bonds. The summed E-state index contributed by atoms with van der Waals surface area (Å²) >= 11 is 0. The number of nitrogens with two attached hydrogens (primary N) is 1. The molecule has 0 aliphatic heterocycles. The number of hydrazine groups is 1. The van der Waals surface area contributed by atoms with Crippen molar-refractivity contribution in [3.05, 3.63) is 11.9 Å². The quantitative estimate of drug-likeness (QED) is 0.513. The molecule has 1 atom stereocenters. The second kappa shape index (κ2) is 2.78. The van der Waals surface area contributed by atoms with Gasteiger partial charge in [0.2, 0.25) is 0 Å². The van der Waals surface area contributed by atoms with E-state index < -0.39 is 0 Å². The van der Waals surface area contributed by atoms with Crippen molar-refractivity contribution in [1.82, 2.24) is 20.4 Å². The molecular formula is C8H15N5. The van der Waals surface area contributed by atoms with Crippen LogP contribution in [0.5, 0.6) is 0 Å². The summed E-state index contributed by atoms with van der Waals surface area (Å²) in [4.78, 5) is 0. The summed E-state index contributed by atoms with van der Waals surface area (Å²) in [5.74, 6) is 5.54. The maximum atomic E-state index is 5.54. The molecule has 1 saturated carbocycles. The Morgan fingerprint density at radius 3 is 2.77 bits per heavy atom. The van der Waals surface area contributed by atoms with Gasteiger partial charge in [0.1, 0.15) is 0 Å². The lowest BCUT2D eigenvalue weighted by molar-refractivity contribution is 0.353. The van der Waals surface area contributed by atoms with Crippen molar-refractivity contribution in [3.63, 3.8) is 0 Å². The van der Waals surface area contributed by atoms with Crippen LogP contribution in [0.2, 0.25) is 0 Å². The zero-order chi connectivity index (χ0) is 9.47. The SMILES string of the molecule is Cn1nncc1C(NN)C1(C)CC1. The molecule has 0 bridgehead atoms. The molecule has 1 heterocycles. The Kier molecular flexibility index (Phi) is 1.85. The molecule has 1 aliphatic carbocycles. The number of hydrogen-bond donors (Lipinski definition) is 2. The third kappa shape index (κ3) is 1.34. The molecule has 0 spiro atoms. The predicted octanol–water partition coefficient (Wildman–Crippen LogP) is 0.120. The molecule has 0 radical (unpaired) electrons. The van der Waals surface area contributed by atoms with Gasteiger partial charge in [-0.15, -0.1) is 5.10 Å². The summed E-state index contributed by atoms with van der Waals surface area (Å²) in [6.45, 7) is 2.23. The normalized spacial score (nSPS) is 21.5. The Balaban J connectivity index is 2.27. The molecule has 1 aliphatic rings. The fourth-order valence-electron chi connectivity index (χ4n) is 1.69. The minimum atomic E-state index is 0.174. The van der Waals surface area contributed by atoms with Crippen molar-refractivity contribution in [1.29, 1.82) is 0 Å². The van der Waals surface area contributed by atoms with Crippen LogP contribution in [0.1, 0.15) is 31.5 Å². The minimum absolute atomic E-state index is 0.174. The van der Waals surface area contributed by atoms with Crippen molar-refractivity contribution >= 4 is 0 Å². The molecule has 2 rings (SSSR count). The van der Waals surface area contributed by atoms with Crippen molar-refractivity contribution in [2.24, 2.45) is 18.3 Å². The van der Waals surface area contributed by atoms with Crippen LogP contribution in [0, 0.1) is 5.41 Å². The monoisotopic (exact) mass is 181 g/mol. The average Bonchev–Trinajstić information content (AvgIpc) is 2.69. The van der Waals surface area contributed by atoms with Crippen LogP contribution in [-0.2, 0) is 7.05 Å². The van der Waals surface area contributed by atoms with E-state index in [4.69, 9.17) is 5.84 Å². The van der Waals surface area contributed by atoms with Crippen molar-refractivity contribution in [2.45, 2.75) is 25.8 Å². The lowest BCUT2D eigenvalue weighted by atomic mass is 9.97. The zero-order valence-electron chi connectivity index (χ0n) is 7.99. The van der Waals surface area contributed by atoms with Gasteiger partial charge in [0, 0.05) is 7.05 Å². The van der Waals surface area contributed by atoms with Crippen LogP contribution in [-0.4, -0.2) is 15.0 Å². The van der Waals surface area contributed by atoms with Gasteiger partial charge in [-0.25, -0.2) is 0 Å². The number of hydrogen-bond acceptors (Lipinski definition) is 4. The van der Waals surface area contributed by atoms with Gasteiger partial charge in [-0.3, -0.25) is 16.0 Å². The summed E-state index contributed by atoms with van der Waals surface area (Å²) in [5, 5.41) is 7.75. The maximum Gasteiger partial charge on any atom is 0.0772 e.